The van der Waals surface area contributed by atoms with E-state index < -0.39 is 9.84 Å². The predicted molar refractivity (Wildman–Crippen MR) is 104 cm³/mol. The van der Waals surface area contributed by atoms with Gasteiger partial charge in [-0.15, -0.1) is 11.3 Å². The summed E-state index contributed by atoms with van der Waals surface area (Å²) >= 11 is 4.74. The molecule has 0 radical (unpaired) electrons. The number of thiophene rings is 1. The number of sulfone groups is 1. The predicted octanol–water partition coefficient (Wildman–Crippen LogP) is 4.45. The van der Waals surface area contributed by atoms with Crippen molar-refractivity contribution in [3.63, 3.8) is 0 Å². The van der Waals surface area contributed by atoms with Gasteiger partial charge in [-0.3, -0.25) is 0 Å². The molecule has 0 aliphatic heterocycles. The SMILES string of the molecule is COCCCNc1oc(-c2cccs2)nc1S(=O)(=O)c1ccc(Br)cc1. The lowest BCUT2D eigenvalue weighted by molar-refractivity contribution is 0.197. The minimum atomic E-state index is -3.81. The third-order valence-electron chi connectivity index (χ3n) is 3.52. The number of anilines is 1. The van der Waals surface area contributed by atoms with Crippen LogP contribution in [-0.4, -0.2) is 33.7 Å². The zero-order valence-corrected chi connectivity index (χ0v) is 17.2. The monoisotopic (exact) mass is 456 g/mol. The summed E-state index contributed by atoms with van der Waals surface area (Å²) in [6.07, 6.45) is 0.712. The van der Waals surface area contributed by atoms with Crippen LogP contribution in [0.2, 0.25) is 0 Å². The van der Waals surface area contributed by atoms with Crippen molar-refractivity contribution >= 4 is 43.0 Å². The van der Waals surface area contributed by atoms with Crippen molar-refractivity contribution in [2.24, 2.45) is 0 Å². The Morgan fingerprint density at radius 1 is 1.27 bits per heavy atom. The van der Waals surface area contributed by atoms with Crippen molar-refractivity contribution in [2.45, 2.75) is 16.3 Å². The summed E-state index contributed by atoms with van der Waals surface area (Å²) < 4.78 is 37.6. The van der Waals surface area contributed by atoms with E-state index >= 15 is 0 Å². The summed E-state index contributed by atoms with van der Waals surface area (Å²) in [5.74, 6) is 0.428. The van der Waals surface area contributed by atoms with Crippen LogP contribution in [0.15, 0.2) is 60.6 Å². The van der Waals surface area contributed by atoms with Gasteiger partial charge < -0.3 is 14.5 Å². The molecule has 0 aliphatic rings. The molecule has 138 valence electrons. The molecular formula is C17H17BrN2O4S2. The van der Waals surface area contributed by atoms with Gasteiger partial charge in [0.05, 0.1) is 9.77 Å². The summed E-state index contributed by atoms with van der Waals surface area (Å²) in [4.78, 5) is 5.20. The number of hydrogen-bond donors (Lipinski definition) is 1. The van der Waals surface area contributed by atoms with Gasteiger partial charge in [-0.05, 0) is 42.1 Å². The van der Waals surface area contributed by atoms with Crippen LogP contribution < -0.4 is 5.32 Å². The Morgan fingerprint density at radius 3 is 2.69 bits per heavy atom. The number of nitrogens with one attached hydrogen (secondary N) is 1. The lowest BCUT2D eigenvalue weighted by atomic mass is 10.4. The molecule has 0 spiro atoms. The molecule has 0 unspecified atom stereocenters. The van der Waals surface area contributed by atoms with Gasteiger partial charge >= 0.3 is 0 Å². The summed E-state index contributed by atoms with van der Waals surface area (Å²) in [5.41, 5.74) is 0. The maximum atomic E-state index is 13.0. The number of aromatic nitrogens is 1. The summed E-state index contributed by atoms with van der Waals surface area (Å²) in [7, 11) is -2.20. The van der Waals surface area contributed by atoms with Crippen LogP contribution in [0, 0.1) is 0 Å². The van der Waals surface area contributed by atoms with Crippen molar-refractivity contribution < 1.29 is 17.6 Å². The molecule has 0 amide bonds. The van der Waals surface area contributed by atoms with Gasteiger partial charge in [0.1, 0.15) is 0 Å². The van der Waals surface area contributed by atoms with Crippen LogP contribution in [0.4, 0.5) is 5.88 Å². The van der Waals surface area contributed by atoms with E-state index in [-0.39, 0.29) is 21.7 Å². The fourth-order valence-corrected chi connectivity index (χ4v) is 4.44. The number of methoxy groups -OCH3 is 1. The first kappa shape index (κ1) is 19.1. The van der Waals surface area contributed by atoms with E-state index in [9.17, 15) is 8.42 Å². The second-order valence-corrected chi connectivity index (χ2v) is 9.09. The molecule has 0 bridgehead atoms. The van der Waals surface area contributed by atoms with E-state index in [0.717, 1.165) is 9.35 Å². The first-order valence-electron chi connectivity index (χ1n) is 7.80. The fraction of sp³-hybridized carbons (Fsp3) is 0.235. The average molecular weight is 457 g/mol. The lowest BCUT2D eigenvalue weighted by Crippen LogP contribution is -2.09. The highest BCUT2D eigenvalue weighted by Crippen LogP contribution is 2.34. The summed E-state index contributed by atoms with van der Waals surface area (Å²) in [6.45, 7) is 1.07. The van der Waals surface area contributed by atoms with Crippen LogP contribution in [-0.2, 0) is 14.6 Å². The molecule has 0 fully saturated rings. The lowest BCUT2D eigenvalue weighted by Gasteiger charge is -2.06. The molecule has 2 aromatic heterocycles. The zero-order valence-electron chi connectivity index (χ0n) is 13.9. The molecule has 2 heterocycles. The molecular weight excluding hydrogens is 440 g/mol. The number of benzene rings is 1. The fourth-order valence-electron chi connectivity index (χ4n) is 2.25. The molecule has 1 N–H and O–H groups in total. The number of halogens is 1. The van der Waals surface area contributed by atoms with E-state index in [1.165, 1.54) is 23.5 Å². The molecule has 0 aliphatic carbocycles. The van der Waals surface area contributed by atoms with Gasteiger partial charge in [-0.1, -0.05) is 22.0 Å². The van der Waals surface area contributed by atoms with E-state index in [1.54, 1.807) is 19.2 Å². The highest BCUT2D eigenvalue weighted by atomic mass is 79.9. The Balaban J connectivity index is 1.99. The van der Waals surface area contributed by atoms with E-state index in [1.807, 2.05) is 17.5 Å². The molecule has 0 saturated carbocycles. The second-order valence-electron chi connectivity index (χ2n) is 5.36. The van der Waals surface area contributed by atoms with Crippen LogP contribution in [0.3, 0.4) is 0 Å². The topological polar surface area (TPSA) is 81.4 Å². The summed E-state index contributed by atoms with van der Waals surface area (Å²) in [6, 6.07) is 10.1. The molecule has 9 heteroatoms. The van der Waals surface area contributed by atoms with Crippen molar-refractivity contribution in [3.8, 4) is 10.8 Å². The molecule has 3 rings (SSSR count). The highest BCUT2D eigenvalue weighted by molar-refractivity contribution is 9.10. The number of nitrogens with zero attached hydrogens (tertiary/aromatic N) is 1. The quantitative estimate of drug-likeness (QED) is 0.504. The molecule has 0 saturated heterocycles. The number of ether oxygens (including phenoxy) is 1. The highest BCUT2D eigenvalue weighted by Gasteiger charge is 2.28. The third kappa shape index (κ3) is 4.17. The van der Waals surface area contributed by atoms with Gasteiger partial charge in [-0.25, -0.2) is 8.42 Å². The van der Waals surface area contributed by atoms with Gasteiger partial charge in [-0.2, -0.15) is 4.98 Å². The van der Waals surface area contributed by atoms with Gasteiger partial charge in [0, 0.05) is 24.7 Å². The first-order valence-corrected chi connectivity index (χ1v) is 11.0. The van der Waals surface area contributed by atoms with E-state index in [2.05, 4.69) is 26.2 Å². The van der Waals surface area contributed by atoms with Crippen LogP contribution in [0.1, 0.15) is 6.42 Å². The number of rotatable bonds is 8. The minimum absolute atomic E-state index is 0.111. The van der Waals surface area contributed by atoms with Crippen molar-refractivity contribution in [1.82, 2.24) is 4.98 Å². The van der Waals surface area contributed by atoms with E-state index in [0.29, 0.717) is 19.6 Å². The molecule has 0 atom stereocenters. The third-order valence-corrected chi connectivity index (χ3v) is 6.58. The standard InChI is InChI=1S/C17H17BrN2O4S2/c1-23-10-3-9-19-16-17(20-15(24-16)14-4-2-11-25-14)26(21,22)13-7-5-12(18)6-8-13/h2,4-8,11,19H,3,9-10H2,1H3. The van der Waals surface area contributed by atoms with Crippen molar-refractivity contribution in [3.05, 3.63) is 46.3 Å². The van der Waals surface area contributed by atoms with Crippen molar-refractivity contribution in [2.75, 3.05) is 25.6 Å². The van der Waals surface area contributed by atoms with Crippen LogP contribution in [0.5, 0.6) is 0 Å². The number of oxazole rings is 1. The van der Waals surface area contributed by atoms with Gasteiger partial charge in [0.25, 0.3) is 0 Å². The number of hydrogen-bond acceptors (Lipinski definition) is 7. The van der Waals surface area contributed by atoms with Gasteiger partial charge in [0.2, 0.25) is 26.6 Å². The Hall–Kier alpha value is -1.68. The Kier molecular flexibility index (Phi) is 6.13. The zero-order chi connectivity index (χ0) is 18.6. The molecule has 6 nitrogen and oxygen atoms in total. The Labute approximate surface area is 164 Å². The first-order chi connectivity index (χ1) is 12.5. The largest absolute Gasteiger partial charge is 0.418 e. The maximum absolute atomic E-state index is 13.0. The normalized spacial score (nSPS) is 11.6. The second kappa shape index (κ2) is 8.34. The Bertz CT molecular complexity index is 951. The summed E-state index contributed by atoms with van der Waals surface area (Å²) in [5, 5.41) is 4.80. The van der Waals surface area contributed by atoms with Crippen LogP contribution in [0.25, 0.3) is 10.8 Å². The van der Waals surface area contributed by atoms with E-state index in [4.69, 9.17) is 9.15 Å². The minimum Gasteiger partial charge on any atom is -0.418 e. The van der Waals surface area contributed by atoms with Gasteiger partial charge in [0.15, 0.2) is 0 Å². The molecule has 3 aromatic rings. The Morgan fingerprint density at radius 2 is 2.04 bits per heavy atom. The maximum Gasteiger partial charge on any atom is 0.240 e. The van der Waals surface area contributed by atoms with Crippen molar-refractivity contribution in [1.29, 1.82) is 0 Å². The smallest absolute Gasteiger partial charge is 0.240 e. The molecule has 1 aromatic carbocycles. The van der Waals surface area contributed by atoms with Crippen LogP contribution >= 0.6 is 27.3 Å². The molecule has 26 heavy (non-hydrogen) atoms. The average Bonchev–Trinajstić information content (AvgIpc) is 3.29.